The quantitative estimate of drug-likeness (QED) is 0.0837. The molecule has 4 atom stereocenters. The molecule has 264 valence electrons. The minimum Gasteiger partial charge on any atom is -0.497 e. The first-order chi connectivity index (χ1) is 23.6. The molecule has 0 unspecified atom stereocenters. The van der Waals surface area contributed by atoms with E-state index in [1.807, 2.05) is 35.2 Å². The summed E-state index contributed by atoms with van der Waals surface area (Å²) < 4.78 is 23.9. The van der Waals surface area contributed by atoms with Crippen molar-refractivity contribution in [2.45, 2.75) is 70.5 Å². The fourth-order valence-corrected chi connectivity index (χ4v) is 12.2. The predicted molar refractivity (Wildman–Crippen MR) is 204 cm³/mol. The van der Waals surface area contributed by atoms with Crippen LogP contribution in [0, 0.1) is 11.8 Å². The van der Waals surface area contributed by atoms with E-state index in [1.54, 1.807) is 21.3 Å². The minimum atomic E-state index is -2.67. The highest BCUT2D eigenvalue weighted by molar-refractivity contribution is 6.99. The molecule has 1 saturated heterocycles. The monoisotopic (exact) mass is 683 g/mol. The van der Waals surface area contributed by atoms with Crippen molar-refractivity contribution in [2.24, 2.45) is 11.8 Å². The van der Waals surface area contributed by atoms with Crippen LogP contribution in [0.5, 0.6) is 5.75 Å². The number of likely N-dealkylation sites (tertiary alicyclic amines) is 1. The second-order valence-corrected chi connectivity index (χ2v) is 18.6. The molecule has 49 heavy (non-hydrogen) atoms. The number of rotatable bonds is 17. The topological polar surface area (TPSA) is 57.2 Å². The molecule has 0 radical (unpaired) electrons. The number of ether oxygens (including phenoxy) is 3. The van der Waals surface area contributed by atoms with Crippen LogP contribution in [0.25, 0.3) is 6.08 Å². The zero-order valence-corrected chi connectivity index (χ0v) is 31.7. The summed E-state index contributed by atoms with van der Waals surface area (Å²) >= 11 is 0. The van der Waals surface area contributed by atoms with E-state index in [2.05, 4.69) is 101 Å². The first kappa shape index (κ1) is 38.3. The Hall–Kier alpha value is -3.49. The van der Waals surface area contributed by atoms with Gasteiger partial charge < -0.3 is 23.5 Å². The Morgan fingerprint density at radius 2 is 1.47 bits per heavy atom. The third-order valence-electron chi connectivity index (χ3n) is 9.93. The smallest absolute Gasteiger partial charge is 0.261 e. The second-order valence-electron chi connectivity index (χ2n) is 14.3. The van der Waals surface area contributed by atoms with Crippen LogP contribution in [0.3, 0.4) is 0 Å². The SMILES string of the molecule is C=C(C)[C@@H](CCCO[Si](c1ccccc1)(c1ccccc1)C(C)(C)C)[C@H](/C=C/c1cccc(OC)c1)C(=O)N1[C@H](COC)CC[C@H]1COC. The summed E-state index contributed by atoms with van der Waals surface area (Å²) in [5.74, 6) is 0.390. The number of benzene rings is 3. The number of methoxy groups -OCH3 is 3. The summed E-state index contributed by atoms with van der Waals surface area (Å²) in [4.78, 5) is 16.8. The molecule has 0 aliphatic carbocycles. The highest BCUT2D eigenvalue weighted by atomic mass is 28.4. The standard InChI is InChI=1S/C42H57NO5Si/c1-32(2)39(23-16-28-48-49(42(3,4)5,37-19-11-9-12-20-37)38-21-13-10-14-22-38)40(27-24-33-17-15-18-36(29-33)47-8)41(44)43-34(30-45-6)25-26-35(43)31-46-7/h9-15,17-22,24,27,29,34-35,39-40H,1,16,23,25-26,28,30-31H2,2-8H3/b27-24+/t34-,35-,39+,40-/m0/s1. The molecule has 1 aliphatic heterocycles. The lowest BCUT2D eigenvalue weighted by Gasteiger charge is -2.43. The molecule has 0 spiro atoms. The van der Waals surface area contributed by atoms with E-state index in [0.717, 1.165) is 42.6 Å². The maximum Gasteiger partial charge on any atom is 0.261 e. The number of carbonyl (C=O) groups is 1. The summed E-state index contributed by atoms with van der Waals surface area (Å²) in [6, 6.07) is 29.4. The molecule has 3 aromatic rings. The van der Waals surface area contributed by atoms with Crippen molar-refractivity contribution in [1.29, 1.82) is 0 Å². The number of carbonyl (C=O) groups excluding carboxylic acids is 1. The van der Waals surface area contributed by atoms with E-state index in [9.17, 15) is 4.79 Å². The van der Waals surface area contributed by atoms with E-state index in [0.29, 0.717) is 19.8 Å². The Kier molecular flexibility index (Phi) is 14.0. The highest BCUT2D eigenvalue weighted by Gasteiger charge is 2.50. The van der Waals surface area contributed by atoms with Gasteiger partial charge in [-0.3, -0.25) is 4.79 Å². The third kappa shape index (κ3) is 9.20. The molecular weight excluding hydrogens is 627 g/mol. The van der Waals surface area contributed by atoms with Gasteiger partial charge in [-0.25, -0.2) is 0 Å². The van der Waals surface area contributed by atoms with Gasteiger partial charge in [0.05, 0.1) is 38.3 Å². The molecular formula is C42H57NO5Si. The van der Waals surface area contributed by atoms with Gasteiger partial charge in [0, 0.05) is 20.8 Å². The Labute approximate surface area is 296 Å². The molecule has 4 rings (SSSR count). The fraction of sp³-hybridized carbons (Fsp3) is 0.452. The number of amides is 1. The van der Waals surface area contributed by atoms with Crippen molar-refractivity contribution in [3.8, 4) is 5.75 Å². The molecule has 6 nitrogen and oxygen atoms in total. The van der Waals surface area contributed by atoms with Crippen LogP contribution in [0.1, 0.15) is 58.9 Å². The van der Waals surface area contributed by atoms with Crippen molar-refractivity contribution >= 4 is 30.7 Å². The maximum absolute atomic E-state index is 14.8. The Balaban J connectivity index is 1.65. The molecule has 1 aliphatic rings. The molecule has 0 aromatic heterocycles. The second kappa shape index (κ2) is 18.0. The summed E-state index contributed by atoms with van der Waals surface area (Å²) in [7, 11) is 2.40. The average molecular weight is 684 g/mol. The molecule has 0 bridgehead atoms. The van der Waals surface area contributed by atoms with Gasteiger partial charge >= 0.3 is 0 Å². The number of allylic oxidation sites excluding steroid dienone is 1. The van der Waals surface area contributed by atoms with Gasteiger partial charge in [-0.2, -0.15) is 0 Å². The minimum absolute atomic E-state index is 0.00891. The first-order valence-electron chi connectivity index (χ1n) is 17.6. The van der Waals surface area contributed by atoms with Gasteiger partial charge in [-0.15, -0.1) is 0 Å². The average Bonchev–Trinajstić information content (AvgIpc) is 3.49. The van der Waals surface area contributed by atoms with E-state index in [1.165, 1.54) is 10.4 Å². The van der Waals surface area contributed by atoms with Crippen molar-refractivity contribution < 1.29 is 23.4 Å². The molecule has 3 aromatic carbocycles. The molecule has 1 fully saturated rings. The van der Waals surface area contributed by atoms with E-state index in [4.69, 9.17) is 18.6 Å². The number of hydrogen-bond donors (Lipinski definition) is 0. The van der Waals surface area contributed by atoms with E-state index >= 15 is 0 Å². The lowest BCUT2D eigenvalue weighted by Crippen LogP contribution is -2.66. The zero-order valence-electron chi connectivity index (χ0n) is 30.7. The van der Waals surface area contributed by atoms with Crippen molar-refractivity contribution in [3.05, 3.63) is 109 Å². The molecule has 1 heterocycles. The lowest BCUT2D eigenvalue weighted by atomic mass is 9.81. The summed E-state index contributed by atoms with van der Waals surface area (Å²) in [5, 5.41) is 2.42. The van der Waals surface area contributed by atoms with E-state index in [-0.39, 0.29) is 28.9 Å². The number of nitrogens with zero attached hydrogens (tertiary/aromatic N) is 1. The first-order valence-corrected chi connectivity index (χ1v) is 19.5. The van der Waals surface area contributed by atoms with Crippen LogP contribution in [0.2, 0.25) is 5.04 Å². The predicted octanol–water partition coefficient (Wildman–Crippen LogP) is 7.53. The van der Waals surface area contributed by atoms with Crippen LogP contribution < -0.4 is 15.1 Å². The highest BCUT2D eigenvalue weighted by Crippen LogP contribution is 2.38. The van der Waals surface area contributed by atoms with Gasteiger partial charge in [-0.1, -0.05) is 118 Å². The Morgan fingerprint density at radius 3 is 1.96 bits per heavy atom. The summed E-state index contributed by atoms with van der Waals surface area (Å²) in [6.45, 7) is 15.0. The van der Waals surface area contributed by atoms with E-state index < -0.39 is 14.2 Å². The molecule has 0 saturated carbocycles. The maximum atomic E-state index is 14.8. The zero-order chi connectivity index (χ0) is 35.4. The van der Waals surface area contributed by atoms with Gasteiger partial charge in [0.25, 0.3) is 8.32 Å². The van der Waals surface area contributed by atoms with Crippen LogP contribution in [0.4, 0.5) is 0 Å². The van der Waals surface area contributed by atoms with Crippen molar-refractivity contribution in [2.75, 3.05) is 41.2 Å². The third-order valence-corrected chi connectivity index (χ3v) is 15.0. The largest absolute Gasteiger partial charge is 0.497 e. The summed E-state index contributed by atoms with van der Waals surface area (Å²) in [5.41, 5.74) is 1.97. The fourth-order valence-electron chi connectivity index (χ4n) is 7.58. The van der Waals surface area contributed by atoms with Gasteiger partial charge in [0.15, 0.2) is 0 Å². The Morgan fingerprint density at radius 1 is 0.898 bits per heavy atom. The lowest BCUT2D eigenvalue weighted by molar-refractivity contribution is -0.140. The van der Waals surface area contributed by atoms with Gasteiger partial charge in [-0.05, 0) is 71.6 Å². The summed E-state index contributed by atoms with van der Waals surface area (Å²) in [6.07, 6.45) is 7.47. The van der Waals surface area contributed by atoms with Crippen LogP contribution in [-0.4, -0.2) is 72.4 Å². The van der Waals surface area contributed by atoms with Crippen LogP contribution in [0.15, 0.2) is 103 Å². The van der Waals surface area contributed by atoms with Gasteiger partial charge in [0.1, 0.15) is 5.75 Å². The molecule has 1 amide bonds. The number of hydrogen-bond acceptors (Lipinski definition) is 5. The van der Waals surface area contributed by atoms with Crippen molar-refractivity contribution in [3.63, 3.8) is 0 Å². The van der Waals surface area contributed by atoms with Gasteiger partial charge in [0.2, 0.25) is 5.91 Å². The van der Waals surface area contributed by atoms with Crippen molar-refractivity contribution in [1.82, 2.24) is 4.90 Å². The molecule has 0 N–H and O–H groups in total. The normalized spacial score (nSPS) is 18.1. The molecule has 7 heteroatoms. The van der Waals surface area contributed by atoms with Crippen LogP contribution >= 0.6 is 0 Å². The van der Waals surface area contributed by atoms with Crippen LogP contribution in [-0.2, 0) is 18.7 Å². The Bertz CT molecular complexity index is 1450.